The molecule has 0 amide bonds. The summed E-state index contributed by atoms with van der Waals surface area (Å²) in [4.78, 5) is 13.0. The number of thiazole rings is 1. The average Bonchev–Trinajstić information content (AvgIpc) is 2.84. The van der Waals surface area contributed by atoms with E-state index in [2.05, 4.69) is 27.2 Å². The fourth-order valence-corrected chi connectivity index (χ4v) is 2.51. The van der Waals surface area contributed by atoms with Crippen LogP contribution in [0.3, 0.4) is 0 Å². The highest BCUT2D eigenvalue weighted by Gasteiger charge is 2.14. The summed E-state index contributed by atoms with van der Waals surface area (Å²) in [5.74, 6) is 0.845. The minimum absolute atomic E-state index is 0.339. The molecule has 2 rings (SSSR count). The lowest BCUT2D eigenvalue weighted by Crippen LogP contribution is -2.11. The van der Waals surface area contributed by atoms with Gasteiger partial charge in [0.15, 0.2) is 10.8 Å². The summed E-state index contributed by atoms with van der Waals surface area (Å²) in [5.41, 5.74) is 1.08. The van der Waals surface area contributed by atoms with E-state index in [4.69, 9.17) is 0 Å². The van der Waals surface area contributed by atoms with Crippen molar-refractivity contribution >= 4 is 11.3 Å². The van der Waals surface area contributed by atoms with E-state index in [1.54, 1.807) is 17.5 Å². The topological polar surface area (TPSA) is 53.6 Å². The molecule has 0 fully saturated rings. The molecule has 5 heteroatoms. The lowest BCUT2D eigenvalue weighted by atomic mass is 10.2. The van der Waals surface area contributed by atoms with Gasteiger partial charge in [-0.2, -0.15) is 0 Å². The fourth-order valence-electron chi connectivity index (χ4n) is 1.42. The van der Waals surface area contributed by atoms with Crippen molar-refractivity contribution in [2.24, 2.45) is 0 Å². The molecule has 0 aromatic carbocycles. The Morgan fingerprint density at radius 1 is 1.53 bits per heavy atom. The van der Waals surface area contributed by atoms with Crippen molar-refractivity contribution in [1.82, 2.24) is 20.3 Å². The van der Waals surface area contributed by atoms with Crippen LogP contribution in [0.15, 0.2) is 12.4 Å². The maximum Gasteiger partial charge on any atom is 0.166 e. The van der Waals surface area contributed by atoms with Crippen LogP contribution < -0.4 is 5.32 Å². The Morgan fingerprint density at radius 3 is 2.93 bits per heavy atom. The summed E-state index contributed by atoms with van der Waals surface area (Å²) in [5, 5.41) is 4.17. The molecule has 1 unspecified atom stereocenters. The molecule has 4 nitrogen and oxygen atoms in total. The number of imidazole rings is 1. The number of rotatable bonds is 3. The fraction of sp³-hybridized carbons (Fsp3) is 0.400. The van der Waals surface area contributed by atoms with E-state index in [-0.39, 0.29) is 0 Å². The van der Waals surface area contributed by atoms with E-state index in [0.717, 1.165) is 16.5 Å². The monoisotopic (exact) mass is 222 g/mol. The maximum atomic E-state index is 4.51. The number of hydrogen-bond acceptors (Lipinski definition) is 4. The molecule has 0 saturated carbocycles. The zero-order valence-corrected chi connectivity index (χ0v) is 9.85. The van der Waals surface area contributed by atoms with Crippen LogP contribution in [0.4, 0.5) is 0 Å². The van der Waals surface area contributed by atoms with Gasteiger partial charge in [-0.05, 0) is 20.9 Å². The number of nitrogens with zero attached hydrogens (tertiary/aromatic N) is 2. The molecule has 0 saturated heterocycles. The second-order valence-corrected chi connectivity index (χ2v) is 4.45. The van der Waals surface area contributed by atoms with E-state index in [9.17, 15) is 0 Å². The molecule has 0 aliphatic carbocycles. The van der Waals surface area contributed by atoms with Crippen molar-refractivity contribution in [2.45, 2.75) is 19.9 Å². The Kier molecular flexibility index (Phi) is 2.83. The molecule has 2 aromatic heterocycles. The molecule has 0 bridgehead atoms. The lowest BCUT2D eigenvalue weighted by Gasteiger charge is -2.06. The Hall–Kier alpha value is -1.20. The number of aromatic nitrogens is 3. The van der Waals surface area contributed by atoms with Crippen molar-refractivity contribution in [1.29, 1.82) is 0 Å². The Balaban J connectivity index is 2.37. The molecule has 0 aliphatic rings. The number of aryl methyl sites for hydroxylation is 1. The SMILES string of the molecule is CNC(C)c1sc(-c2ncc[nH]2)nc1C. The van der Waals surface area contributed by atoms with Crippen molar-refractivity contribution in [3.63, 3.8) is 0 Å². The highest BCUT2D eigenvalue weighted by Crippen LogP contribution is 2.29. The lowest BCUT2D eigenvalue weighted by molar-refractivity contribution is 0.658. The summed E-state index contributed by atoms with van der Waals surface area (Å²) >= 11 is 1.68. The summed E-state index contributed by atoms with van der Waals surface area (Å²) in [6, 6.07) is 0.339. The molecule has 0 radical (unpaired) electrons. The van der Waals surface area contributed by atoms with E-state index in [1.165, 1.54) is 4.88 Å². The smallest absolute Gasteiger partial charge is 0.166 e. The number of aromatic amines is 1. The second kappa shape index (κ2) is 4.12. The third-order valence-electron chi connectivity index (χ3n) is 2.36. The third kappa shape index (κ3) is 1.93. The summed E-state index contributed by atoms with van der Waals surface area (Å²) in [7, 11) is 1.95. The van der Waals surface area contributed by atoms with E-state index >= 15 is 0 Å². The van der Waals surface area contributed by atoms with Crippen molar-refractivity contribution in [2.75, 3.05) is 7.05 Å². The molecule has 15 heavy (non-hydrogen) atoms. The van der Waals surface area contributed by atoms with Crippen molar-refractivity contribution < 1.29 is 0 Å². The molecule has 80 valence electrons. The first-order valence-corrected chi connectivity index (χ1v) is 5.68. The third-order valence-corrected chi connectivity index (χ3v) is 3.71. The zero-order valence-electron chi connectivity index (χ0n) is 9.03. The largest absolute Gasteiger partial charge is 0.343 e. The van der Waals surface area contributed by atoms with Gasteiger partial charge < -0.3 is 10.3 Å². The average molecular weight is 222 g/mol. The van der Waals surface area contributed by atoms with Gasteiger partial charge in [-0.15, -0.1) is 11.3 Å². The van der Waals surface area contributed by atoms with Crippen molar-refractivity contribution in [3.05, 3.63) is 23.0 Å². The van der Waals surface area contributed by atoms with Gasteiger partial charge in [0.25, 0.3) is 0 Å². The summed E-state index contributed by atoms with van der Waals surface area (Å²) in [6.07, 6.45) is 3.56. The van der Waals surface area contributed by atoms with Gasteiger partial charge in [0, 0.05) is 23.3 Å². The minimum Gasteiger partial charge on any atom is -0.343 e. The van der Waals surface area contributed by atoms with E-state index in [1.807, 2.05) is 20.2 Å². The first-order valence-electron chi connectivity index (χ1n) is 4.86. The standard InChI is InChI=1S/C10H14N4S/c1-6(11-3)8-7(2)14-10(15-8)9-12-4-5-13-9/h4-6,11H,1-3H3,(H,12,13). The van der Waals surface area contributed by atoms with Crippen LogP contribution >= 0.6 is 11.3 Å². The Morgan fingerprint density at radius 2 is 2.33 bits per heavy atom. The van der Waals surface area contributed by atoms with Crippen molar-refractivity contribution in [3.8, 4) is 10.8 Å². The van der Waals surface area contributed by atoms with Crippen LogP contribution in [-0.2, 0) is 0 Å². The van der Waals surface area contributed by atoms with Gasteiger partial charge in [0.05, 0.1) is 5.69 Å². The highest BCUT2D eigenvalue weighted by atomic mass is 32.1. The van der Waals surface area contributed by atoms with E-state index < -0.39 is 0 Å². The molecule has 0 aliphatic heterocycles. The van der Waals surface area contributed by atoms with Crippen LogP contribution in [0.25, 0.3) is 10.8 Å². The van der Waals surface area contributed by atoms with Gasteiger partial charge in [-0.3, -0.25) is 0 Å². The van der Waals surface area contributed by atoms with Crippen LogP contribution in [0, 0.1) is 6.92 Å². The molecule has 1 atom stereocenters. The molecular weight excluding hydrogens is 208 g/mol. The summed E-state index contributed by atoms with van der Waals surface area (Å²) < 4.78 is 0. The first-order chi connectivity index (χ1) is 7.22. The number of H-pyrrole nitrogens is 1. The predicted molar refractivity (Wildman–Crippen MR) is 61.9 cm³/mol. The Bertz CT molecular complexity index is 432. The van der Waals surface area contributed by atoms with E-state index in [0.29, 0.717) is 6.04 Å². The van der Waals surface area contributed by atoms with Gasteiger partial charge in [-0.1, -0.05) is 0 Å². The number of nitrogens with one attached hydrogen (secondary N) is 2. The van der Waals surface area contributed by atoms with Gasteiger partial charge in [-0.25, -0.2) is 9.97 Å². The Labute approximate surface area is 92.8 Å². The molecular formula is C10H14N4S. The normalized spacial score (nSPS) is 13.0. The molecule has 2 aromatic rings. The molecule has 2 N–H and O–H groups in total. The first kappa shape index (κ1) is 10.3. The second-order valence-electron chi connectivity index (χ2n) is 3.42. The predicted octanol–water partition coefficient (Wildman–Crippen LogP) is 2.12. The van der Waals surface area contributed by atoms with Crippen LogP contribution in [0.2, 0.25) is 0 Å². The van der Waals surface area contributed by atoms with Crippen LogP contribution in [0.5, 0.6) is 0 Å². The van der Waals surface area contributed by atoms with Crippen LogP contribution in [0.1, 0.15) is 23.5 Å². The van der Waals surface area contributed by atoms with Gasteiger partial charge in [0.2, 0.25) is 0 Å². The maximum absolute atomic E-state index is 4.51. The molecule has 2 heterocycles. The zero-order chi connectivity index (χ0) is 10.8. The highest BCUT2D eigenvalue weighted by molar-refractivity contribution is 7.15. The number of hydrogen-bond donors (Lipinski definition) is 2. The summed E-state index contributed by atoms with van der Waals surface area (Å²) in [6.45, 7) is 4.17. The van der Waals surface area contributed by atoms with Crippen LogP contribution in [-0.4, -0.2) is 22.0 Å². The van der Waals surface area contributed by atoms with Gasteiger partial charge in [0.1, 0.15) is 0 Å². The van der Waals surface area contributed by atoms with Gasteiger partial charge >= 0.3 is 0 Å². The molecule has 0 spiro atoms. The minimum atomic E-state index is 0.339. The quantitative estimate of drug-likeness (QED) is 0.836.